The molecular formula is C9H12BrClN2O2. The topological polar surface area (TPSA) is 44.1 Å². The average molecular weight is 296 g/mol. The van der Waals surface area contributed by atoms with Crippen molar-refractivity contribution in [1.82, 2.24) is 9.55 Å². The van der Waals surface area contributed by atoms with Crippen molar-refractivity contribution in [3.05, 3.63) is 26.3 Å². The fourth-order valence-corrected chi connectivity index (χ4v) is 1.54. The minimum absolute atomic E-state index is 0.161. The number of nitrogens with zero attached hydrogens (tertiary/aromatic N) is 2. The van der Waals surface area contributed by atoms with E-state index in [9.17, 15) is 4.79 Å². The van der Waals surface area contributed by atoms with Crippen molar-refractivity contribution in [3.8, 4) is 0 Å². The minimum atomic E-state index is -0.161. The van der Waals surface area contributed by atoms with E-state index in [0.29, 0.717) is 24.2 Å². The summed E-state index contributed by atoms with van der Waals surface area (Å²) in [6.07, 6.45) is 2.23. The first-order chi connectivity index (χ1) is 7.16. The number of ether oxygens (including phenoxy) is 1. The van der Waals surface area contributed by atoms with Gasteiger partial charge in [0.2, 0.25) is 0 Å². The molecule has 1 aromatic rings. The predicted octanol–water partition coefficient (Wildman–Crippen LogP) is 2.09. The van der Waals surface area contributed by atoms with Crippen LogP contribution in [0.2, 0.25) is 5.15 Å². The van der Waals surface area contributed by atoms with Gasteiger partial charge in [0.25, 0.3) is 5.56 Å². The third-order valence-electron chi connectivity index (χ3n) is 1.83. The van der Waals surface area contributed by atoms with E-state index < -0.39 is 0 Å². The van der Waals surface area contributed by atoms with E-state index in [2.05, 4.69) is 20.9 Å². The van der Waals surface area contributed by atoms with Gasteiger partial charge in [0.1, 0.15) is 4.47 Å². The summed E-state index contributed by atoms with van der Waals surface area (Å²) in [5, 5.41) is 0.195. The molecule has 0 radical (unpaired) electrons. The van der Waals surface area contributed by atoms with Crippen LogP contribution in [0.25, 0.3) is 0 Å². The Labute approximate surface area is 101 Å². The summed E-state index contributed by atoms with van der Waals surface area (Å²) in [5.74, 6) is 0. The zero-order valence-electron chi connectivity index (χ0n) is 8.37. The van der Waals surface area contributed by atoms with Gasteiger partial charge >= 0.3 is 0 Å². The molecule has 0 aliphatic heterocycles. The van der Waals surface area contributed by atoms with Crippen molar-refractivity contribution >= 4 is 27.5 Å². The number of aromatic nitrogens is 2. The minimum Gasteiger partial charge on any atom is -0.382 e. The first-order valence-corrected chi connectivity index (χ1v) is 5.82. The molecule has 0 bridgehead atoms. The number of hydrogen-bond donors (Lipinski definition) is 0. The Hall–Kier alpha value is -0.390. The van der Waals surface area contributed by atoms with Gasteiger partial charge in [-0.25, -0.2) is 4.98 Å². The van der Waals surface area contributed by atoms with Gasteiger partial charge in [0.05, 0.1) is 6.33 Å². The van der Waals surface area contributed by atoms with E-state index in [1.165, 1.54) is 10.9 Å². The molecule has 0 saturated heterocycles. The van der Waals surface area contributed by atoms with Crippen LogP contribution >= 0.6 is 27.5 Å². The maximum atomic E-state index is 11.6. The molecule has 4 nitrogen and oxygen atoms in total. The molecule has 1 heterocycles. The van der Waals surface area contributed by atoms with Gasteiger partial charge in [-0.15, -0.1) is 0 Å². The molecule has 0 fully saturated rings. The zero-order valence-corrected chi connectivity index (χ0v) is 10.7. The quantitative estimate of drug-likeness (QED) is 0.617. The first-order valence-electron chi connectivity index (χ1n) is 4.65. The second-order valence-corrected chi connectivity index (χ2v) is 4.05. The van der Waals surface area contributed by atoms with Gasteiger partial charge in [-0.1, -0.05) is 11.6 Å². The molecule has 1 aromatic heterocycles. The molecule has 15 heavy (non-hydrogen) atoms. The third-order valence-corrected chi connectivity index (χ3v) is 3.06. The van der Waals surface area contributed by atoms with E-state index >= 15 is 0 Å². The molecule has 0 amide bonds. The summed E-state index contributed by atoms with van der Waals surface area (Å²) in [6.45, 7) is 3.86. The summed E-state index contributed by atoms with van der Waals surface area (Å²) in [7, 11) is 0. The molecule has 0 aliphatic rings. The van der Waals surface area contributed by atoms with Crippen LogP contribution in [0.5, 0.6) is 0 Å². The van der Waals surface area contributed by atoms with Crippen molar-refractivity contribution < 1.29 is 4.74 Å². The summed E-state index contributed by atoms with van der Waals surface area (Å²) in [4.78, 5) is 15.5. The molecule has 0 spiro atoms. The van der Waals surface area contributed by atoms with Crippen molar-refractivity contribution in [1.29, 1.82) is 0 Å². The predicted molar refractivity (Wildman–Crippen MR) is 62.3 cm³/mol. The lowest BCUT2D eigenvalue weighted by atomic mass is 10.4. The molecule has 0 saturated carbocycles. The summed E-state index contributed by atoms with van der Waals surface area (Å²) in [5.41, 5.74) is -0.161. The maximum absolute atomic E-state index is 11.6. The highest BCUT2D eigenvalue weighted by molar-refractivity contribution is 9.10. The Morgan fingerprint density at radius 3 is 3.07 bits per heavy atom. The first kappa shape index (κ1) is 12.7. The fraction of sp³-hybridized carbons (Fsp3) is 0.556. The van der Waals surface area contributed by atoms with Crippen molar-refractivity contribution in [2.24, 2.45) is 0 Å². The highest BCUT2D eigenvalue weighted by Gasteiger charge is 2.05. The molecule has 0 unspecified atom stereocenters. The lowest BCUT2D eigenvalue weighted by Gasteiger charge is -2.05. The van der Waals surface area contributed by atoms with E-state index in [-0.39, 0.29) is 10.7 Å². The Morgan fingerprint density at radius 2 is 2.40 bits per heavy atom. The van der Waals surface area contributed by atoms with Gasteiger partial charge in [0, 0.05) is 19.8 Å². The molecule has 0 atom stereocenters. The molecular weight excluding hydrogens is 283 g/mol. The standard InChI is InChI=1S/C9H12BrClN2O2/c1-2-15-5-3-4-13-6-12-8(11)7(10)9(13)14/h6H,2-5H2,1H3. The Balaban J connectivity index is 2.63. The van der Waals surface area contributed by atoms with Crippen LogP contribution in [0.3, 0.4) is 0 Å². The van der Waals surface area contributed by atoms with Crippen molar-refractivity contribution in [2.45, 2.75) is 19.9 Å². The second-order valence-electron chi connectivity index (χ2n) is 2.90. The SMILES string of the molecule is CCOCCCn1cnc(Cl)c(Br)c1=O. The molecule has 0 N–H and O–H groups in total. The monoisotopic (exact) mass is 294 g/mol. The zero-order chi connectivity index (χ0) is 11.3. The average Bonchev–Trinajstić information content (AvgIpc) is 2.24. The lowest BCUT2D eigenvalue weighted by molar-refractivity contribution is 0.141. The highest BCUT2D eigenvalue weighted by Crippen LogP contribution is 2.13. The summed E-state index contributed by atoms with van der Waals surface area (Å²) >= 11 is 8.77. The van der Waals surface area contributed by atoms with Crippen LogP contribution in [0.4, 0.5) is 0 Å². The van der Waals surface area contributed by atoms with Crippen LogP contribution in [0.1, 0.15) is 13.3 Å². The number of halogens is 2. The van der Waals surface area contributed by atoms with Gasteiger partial charge in [-0.2, -0.15) is 0 Å². The normalized spacial score (nSPS) is 10.6. The van der Waals surface area contributed by atoms with Crippen LogP contribution in [0.15, 0.2) is 15.6 Å². The number of aryl methyl sites for hydroxylation is 1. The Morgan fingerprint density at radius 1 is 1.67 bits per heavy atom. The molecule has 6 heteroatoms. The Kier molecular flexibility index (Phi) is 5.28. The van der Waals surface area contributed by atoms with Crippen LogP contribution < -0.4 is 5.56 Å². The summed E-state index contributed by atoms with van der Waals surface area (Å²) < 4.78 is 6.99. The van der Waals surface area contributed by atoms with Crippen LogP contribution in [-0.2, 0) is 11.3 Å². The van der Waals surface area contributed by atoms with Gasteiger partial charge in [-0.3, -0.25) is 9.36 Å². The molecule has 0 aromatic carbocycles. The fourth-order valence-electron chi connectivity index (χ4n) is 1.08. The Bertz CT molecular complexity index is 381. The lowest BCUT2D eigenvalue weighted by Crippen LogP contribution is -2.22. The van der Waals surface area contributed by atoms with Crippen LogP contribution in [-0.4, -0.2) is 22.8 Å². The largest absolute Gasteiger partial charge is 0.382 e. The molecule has 0 aliphatic carbocycles. The van der Waals surface area contributed by atoms with Crippen molar-refractivity contribution in [2.75, 3.05) is 13.2 Å². The van der Waals surface area contributed by atoms with E-state index in [1.54, 1.807) is 0 Å². The molecule has 1 rings (SSSR count). The highest BCUT2D eigenvalue weighted by atomic mass is 79.9. The number of hydrogen-bond acceptors (Lipinski definition) is 3. The molecule has 84 valence electrons. The van der Waals surface area contributed by atoms with Gasteiger partial charge in [-0.05, 0) is 29.3 Å². The maximum Gasteiger partial charge on any atom is 0.269 e. The third kappa shape index (κ3) is 3.59. The van der Waals surface area contributed by atoms with E-state index in [1.807, 2.05) is 6.92 Å². The van der Waals surface area contributed by atoms with E-state index in [4.69, 9.17) is 16.3 Å². The second kappa shape index (κ2) is 6.25. The van der Waals surface area contributed by atoms with Gasteiger partial charge in [0.15, 0.2) is 5.15 Å². The van der Waals surface area contributed by atoms with E-state index in [0.717, 1.165) is 6.42 Å². The van der Waals surface area contributed by atoms with Crippen LogP contribution in [0, 0.1) is 0 Å². The smallest absolute Gasteiger partial charge is 0.269 e. The van der Waals surface area contributed by atoms with Crippen molar-refractivity contribution in [3.63, 3.8) is 0 Å². The number of rotatable bonds is 5. The summed E-state index contributed by atoms with van der Waals surface area (Å²) in [6, 6.07) is 0. The van der Waals surface area contributed by atoms with Gasteiger partial charge < -0.3 is 4.74 Å².